The van der Waals surface area contributed by atoms with Gasteiger partial charge in [0.15, 0.2) is 11.6 Å². The van der Waals surface area contributed by atoms with Crippen LogP contribution in [-0.2, 0) is 0 Å². The van der Waals surface area contributed by atoms with Gasteiger partial charge in [-0.05, 0) is 37.3 Å². The van der Waals surface area contributed by atoms with Crippen molar-refractivity contribution in [3.63, 3.8) is 0 Å². The van der Waals surface area contributed by atoms with Crippen molar-refractivity contribution < 1.29 is 18.3 Å². The van der Waals surface area contributed by atoms with E-state index < -0.39 is 23.6 Å². The van der Waals surface area contributed by atoms with Gasteiger partial charge in [-0.2, -0.15) is 0 Å². The van der Waals surface area contributed by atoms with Gasteiger partial charge in [-0.3, -0.25) is 0 Å². The van der Waals surface area contributed by atoms with Crippen molar-refractivity contribution in [1.29, 1.82) is 0 Å². The van der Waals surface area contributed by atoms with Crippen molar-refractivity contribution in [3.05, 3.63) is 46.8 Å². The summed E-state index contributed by atoms with van der Waals surface area (Å²) >= 11 is 0. The summed E-state index contributed by atoms with van der Waals surface area (Å²) in [6, 6.07) is 1.20. The zero-order chi connectivity index (χ0) is 12.4. The Hall–Kier alpha value is -1.29. The predicted octanol–water partition coefficient (Wildman–Crippen LogP) is 3.64. The van der Waals surface area contributed by atoms with E-state index in [4.69, 9.17) is 0 Å². The van der Waals surface area contributed by atoms with Crippen LogP contribution in [0.3, 0.4) is 0 Å². The minimum Gasteiger partial charge on any atom is -0.384 e. The van der Waals surface area contributed by atoms with E-state index in [2.05, 4.69) is 0 Å². The first-order valence-electron chi connectivity index (χ1n) is 5.61. The SMILES string of the molecule is OC(C1=CCCCC1)c1cc(F)c(F)cc1F. The predicted molar refractivity (Wildman–Crippen MR) is 57.8 cm³/mol. The lowest BCUT2D eigenvalue weighted by atomic mass is 9.91. The topological polar surface area (TPSA) is 20.2 Å². The molecule has 92 valence electrons. The molecule has 0 fully saturated rings. The van der Waals surface area contributed by atoms with Gasteiger partial charge in [-0.15, -0.1) is 0 Å². The van der Waals surface area contributed by atoms with Crippen LogP contribution in [0.2, 0.25) is 0 Å². The number of rotatable bonds is 2. The summed E-state index contributed by atoms with van der Waals surface area (Å²) in [5.74, 6) is -3.30. The molecular weight excluding hydrogens is 229 g/mol. The zero-order valence-electron chi connectivity index (χ0n) is 9.22. The molecule has 0 aromatic heterocycles. The summed E-state index contributed by atoms with van der Waals surface area (Å²) in [5.41, 5.74) is 0.484. The highest BCUT2D eigenvalue weighted by Crippen LogP contribution is 2.31. The highest BCUT2D eigenvalue weighted by atomic mass is 19.2. The molecule has 0 heterocycles. The van der Waals surface area contributed by atoms with E-state index in [9.17, 15) is 18.3 Å². The van der Waals surface area contributed by atoms with Crippen LogP contribution in [0.25, 0.3) is 0 Å². The summed E-state index contributed by atoms with van der Waals surface area (Å²) < 4.78 is 39.2. The Kier molecular flexibility index (Phi) is 3.52. The molecule has 4 heteroatoms. The third kappa shape index (κ3) is 2.52. The normalized spacial score (nSPS) is 17.8. The van der Waals surface area contributed by atoms with Gasteiger partial charge in [0.05, 0.1) is 0 Å². The highest BCUT2D eigenvalue weighted by molar-refractivity contribution is 5.29. The highest BCUT2D eigenvalue weighted by Gasteiger charge is 2.21. The third-order valence-corrected chi connectivity index (χ3v) is 3.01. The first-order valence-corrected chi connectivity index (χ1v) is 5.61. The molecule has 0 aliphatic heterocycles. The van der Waals surface area contributed by atoms with Crippen LogP contribution in [0.15, 0.2) is 23.8 Å². The van der Waals surface area contributed by atoms with Gasteiger partial charge in [0.2, 0.25) is 0 Å². The fourth-order valence-electron chi connectivity index (χ4n) is 2.06. The second-order valence-electron chi connectivity index (χ2n) is 4.22. The molecule has 1 aliphatic rings. The van der Waals surface area contributed by atoms with Gasteiger partial charge in [0, 0.05) is 11.6 Å². The van der Waals surface area contributed by atoms with Crippen LogP contribution < -0.4 is 0 Å². The Morgan fingerprint density at radius 3 is 2.35 bits per heavy atom. The molecule has 1 atom stereocenters. The van der Waals surface area contributed by atoms with Crippen molar-refractivity contribution >= 4 is 0 Å². The number of aliphatic hydroxyl groups excluding tert-OH is 1. The number of benzene rings is 1. The molecule has 1 aromatic carbocycles. The smallest absolute Gasteiger partial charge is 0.161 e. The first-order chi connectivity index (χ1) is 8.09. The van der Waals surface area contributed by atoms with Gasteiger partial charge >= 0.3 is 0 Å². The average Bonchev–Trinajstić information content (AvgIpc) is 2.34. The summed E-state index contributed by atoms with van der Waals surface area (Å²) in [6.45, 7) is 0. The minimum absolute atomic E-state index is 0.197. The summed E-state index contributed by atoms with van der Waals surface area (Å²) in [5, 5.41) is 9.94. The molecule has 1 aliphatic carbocycles. The third-order valence-electron chi connectivity index (χ3n) is 3.01. The lowest BCUT2D eigenvalue weighted by Crippen LogP contribution is -2.08. The Morgan fingerprint density at radius 1 is 1.00 bits per heavy atom. The number of halogens is 3. The molecular formula is C13H13F3O. The van der Waals surface area contributed by atoms with E-state index >= 15 is 0 Å². The lowest BCUT2D eigenvalue weighted by molar-refractivity contribution is 0.202. The largest absolute Gasteiger partial charge is 0.384 e. The molecule has 0 saturated carbocycles. The molecule has 1 aromatic rings. The number of allylic oxidation sites excluding steroid dienone is 1. The average molecular weight is 242 g/mol. The molecule has 1 unspecified atom stereocenters. The first kappa shape index (κ1) is 12.2. The van der Waals surface area contributed by atoms with Gasteiger partial charge < -0.3 is 5.11 Å². The van der Waals surface area contributed by atoms with Gasteiger partial charge in [-0.25, -0.2) is 13.2 Å². The fourth-order valence-corrected chi connectivity index (χ4v) is 2.06. The minimum atomic E-state index is -1.24. The standard InChI is InChI=1S/C13H13F3O/c14-10-7-12(16)11(15)6-9(10)13(17)8-4-2-1-3-5-8/h4,6-7,13,17H,1-3,5H2. The second kappa shape index (κ2) is 4.92. The molecule has 0 bridgehead atoms. The Morgan fingerprint density at radius 2 is 1.71 bits per heavy atom. The fraction of sp³-hybridized carbons (Fsp3) is 0.385. The molecule has 1 N–H and O–H groups in total. The molecule has 2 rings (SSSR count). The lowest BCUT2D eigenvalue weighted by Gasteiger charge is -2.19. The summed E-state index contributed by atoms with van der Waals surface area (Å²) in [7, 11) is 0. The van der Waals surface area contributed by atoms with Gasteiger partial charge in [-0.1, -0.05) is 6.08 Å². The van der Waals surface area contributed by atoms with Crippen LogP contribution in [0, 0.1) is 17.5 Å². The van der Waals surface area contributed by atoms with Gasteiger partial charge in [0.1, 0.15) is 11.9 Å². The van der Waals surface area contributed by atoms with E-state index in [1.807, 2.05) is 6.08 Å². The maximum absolute atomic E-state index is 13.4. The monoisotopic (exact) mass is 242 g/mol. The second-order valence-corrected chi connectivity index (χ2v) is 4.22. The van der Waals surface area contributed by atoms with Crippen molar-refractivity contribution in [2.45, 2.75) is 31.8 Å². The van der Waals surface area contributed by atoms with Crippen molar-refractivity contribution in [3.8, 4) is 0 Å². The maximum Gasteiger partial charge on any atom is 0.161 e. The van der Waals surface area contributed by atoms with Crippen molar-refractivity contribution in [1.82, 2.24) is 0 Å². The van der Waals surface area contributed by atoms with E-state index in [1.54, 1.807) is 0 Å². The van der Waals surface area contributed by atoms with E-state index in [0.717, 1.165) is 25.3 Å². The van der Waals surface area contributed by atoms with Crippen molar-refractivity contribution in [2.24, 2.45) is 0 Å². The number of hydrogen-bond donors (Lipinski definition) is 1. The molecule has 0 amide bonds. The molecule has 17 heavy (non-hydrogen) atoms. The van der Waals surface area contributed by atoms with Crippen LogP contribution in [0.5, 0.6) is 0 Å². The Bertz CT molecular complexity index is 454. The maximum atomic E-state index is 13.4. The van der Waals surface area contributed by atoms with Crippen LogP contribution >= 0.6 is 0 Å². The van der Waals surface area contributed by atoms with Crippen LogP contribution in [0.1, 0.15) is 37.4 Å². The van der Waals surface area contributed by atoms with E-state index in [-0.39, 0.29) is 5.56 Å². The van der Waals surface area contributed by atoms with Gasteiger partial charge in [0.25, 0.3) is 0 Å². The molecule has 0 radical (unpaired) electrons. The quantitative estimate of drug-likeness (QED) is 0.620. The molecule has 1 nitrogen and oxygen atoms in total. The Balaban J connectivity index is 2.33. The Labute approximate surface area is 97.6 Å². The zero-order valence-corrected chi connectivity index (χ0v) is 9.22. The van der Waals surface area contributed by atoms with Crippen LogP contribution in [-0.4, -0.2) is 5.11 Å². The summed E-state index contributed by atoms with van der Waals surface area (Å²) in [6.07, 6.45) is 4.13. The van der Waals surface area contributed by atoms with Crippen molar-refractivity contribution in [2.75, 3.05) is 0 Å². The number of hydrogen-bond acceptors (Lipinski definition) is 1. The molecule has 0 spiro atoms. The number of aliphatic hydroxyl groups is 1. The molecule has 0 saturated heterocycles. The summed E-state index contributed by atoms with van der Waals surface area (Å²) in [4.78, 5) is 0. The van der Waals surface area contributed by atoms with E-state index in [1.165, 1.54) is 0 Å². The van der Waals surface area contributed by atoms with E-state index in [0.29, 0.717) is 18.1 Å². The van der Waals surface area contributed by atoms with Crippen LogP contribution in [0.4, 0.5) is 13.2 Å².